The number of nitrogens with zero attached hydrogens (tertiary/aromatic N) is 1. The van der Waals surface area contributed by atoms with Crippen molar-refractivity contribution in [3.8, 4) is 0 Å². The van der Waals surface area contributed by atoms with E-state index in [9.17, 15) is 4.79 Å². The zero-order valence-corrected chi connectivity index (χ0v) is 18.5. The van der Waals surface area contributed by atoms with Gasteiger partial charge in [-0.15, -0.1) is 11.8 Å². The lowest BCUT2D eigenvalue weighted by Crippen LogP contribution is -2.33. The first-order chi connectivity index (χ1) is 14.7. The molecular formula is C26H30N2OS. The van der Waals surface area contributed by atoms with Crippen LogP contribution in [0, 0.1) is 5.92 Å². The van der Waals surface area contributed by atoms with E-state index in [1.54, 1.807) is 11.8 Å². The van der Waals surface area contributed by atoms with Gasteiger partial charge in [0.25, 0.3) is 5.91 Å². The predicted molar refractivity (Wildman–Crippen MR) is 125 cm³/mol. The van der Waals surface area contributed by atoms with Crippen molar-refractivity contribution in [1.29, 1.82) is 0 Å². The van der Waals surface area contributed by atoms with Gasteiger partial charge < -0.3 is 10.2 Å². The summed E-state index contributed by atoms with van der Waals surface area (Å²) in [6.45, 7) is 1.79. The maximum Gasteiger partial charge on any atom is 0.253 e. The Bertz CT molecular complexity index is 944. The third-order valence-electron chi connectivity index (χ3n) is 6.98. The van der Waals surface area contributed by atoms with Gasteiger partial charge in [-0.25, -0.2) is 0 Å². The van der Waals surface area contributed by atoms with Gasteiger partial charge in [-0.3, -0.25) is 4.79 Å². The number of rotatable bonds is 3. The molecule has 5 rings (SSSR count). The number of amides is 1. The molecule has 2 heterocycles. The van der Waals surface area contributed by atoms with Crippen molar-refractivity contribution in [2.24, 2.45) is 5.92 Å². The lowest BCUT2D eigenvalue weighted by atomic mass is 9.76. The summed E-state index contributed by atoms with van der Waals surface area (Å²) in [5.41, 5.74) is 4.65. The number of thioether (sulfide) groups is 1. The van der Waals surface area contributed by atoms with Crippen molar-refractivity contribution >= 4 is 23.4 Å². The number of likely N-dealkylation sites (tertiary alicyclic amines) is 1. The molecule has 0 spiro atoms. The number of hydrogen-bond donors (Lipinski definition) is 1. The van der Waals surface area contributed by atoms with Gasteiger partial charge in [-0.2, -0.15) is 0 Å². The lowest BCUT2D eigenvalue weighted by Gasteiger charge is -2.38. The van der Waals surface area contributed by atoms with Crippen LogP contribution in [0.2, 0.25) is 0 Å². The molecule has 3 nitrogen and oxygen atoms in total. The molecule has 1 aliphatic carbocycles. The Hall–Kier alpha value is -2.20. The number of benzene rings is 2. The molecule has 1 N–H and O–H groups in total. The molecule has 1 amide bonds. The second kappa shape index (κ2) is 8.50. The molecular weight excluding hydrogens is 388 g/mol. The summed E-state index contributed by atoms with van der Waals surface area (Å²) < 4.78 is 0. The summed E-state index contributed by atoms with van der Waals surface area (Å²) in [6, 6.07) is 15.6. The van der Waals surface area contributed by atoms with Crippen LogP contribution in [0.1, 0.15) is 65.5 Å². The largest absolute Gasteiger partial charge is 0.378 e. The molecule has 2 aromatic carbocycles. The van der Waals surface area contributed by atoms with Gasteiger partial charge in [0.2, 0.25) is 0 Å². The fraction of sp³-hybridized carbons (Fsp3) is 0.423. The van der Waals surface area contributed by atoms with E-state index >= 15 is 0 Å². The molecule has 3 aliphatic rings. The molecule has 3 unspecified atom stereocenters. The second-order valence-electron chi connectivity index (χ2n) is 8.76. The van der Waals surface area contributed by atoms with Crippen LogP contribution in [-0.2, 0) is 0 Å². The number of hydrogen-bond acceptors (Lipinski definition) is 3. The maximum absolute atomic E-state index is 13.2. The Labute approximate surface area is 183 Å². The van der Waals surface area contributed by atoms with Crippen LogP contribution < -0.4 is 5.32 Å². The van der Waals surface area contributed by atoms with Crippen molar-refractivity contribution in [2.45, 2.75) is 49.0 Å². The number of carbonyl (C=O) groups excluding carboxylic acids is 1. The summed E-state index contributed by atoms with van der Waals surface area (Å²) in [5, 5.41) is 3.81. The van der Waals surface area contributed by atoms with Gasteiger partial charge in [0.1, 0.15) is 0 Å². The first kappa shape index (κ1) is 19.7. The Morgan fingerprint density at radius 3 is 2.53 bits per heavy atom. The van der Waals surface area contributed by atoms with Crippen molar-refractivity contribution in [3.05, 3.63) is 71.3 Å². The second-order valence-corrected chi connectivity index (χ2v) is 9.64. The molecule has 3 atom stereocenters. The minimum Gasteiger partial charge on any atom is -0.378 e. The van der Waals surface area contributed by atoms with Crippen LogP contribution in [0.15, 0.2) is 59.5 Å². The number of nitrogens with one attached hydrogen (secondary N) is 1. The highest BCUT2D eigenvalue weighted by atomic mass is 32.2. The van der Waals surface area contributed by atoms with Crippen LogP contribution in [-0.4, -0.2) is 30.2 Å². The Kier molecular flexibility index (Phi) is 5.60. The topological polar surface area (TPSA) is 32.3 Å². The molecule has 30 heavy (non-hydrogen) atoms. The fourth-order valence-corrected chi connectivity index (χ4v) is 5.73. The maximum atomic E-state index is 13.2. The molecule has 2 aromatic rings. The fourth-order valence-electron chi connectivity index (χ4n) is 5.33. The van der Waals surface area contributed by atoms with Gasteiger partial charge in [-0.1, -0.05) is 37.1 Å². The van der Waals surface area contributed by atoms with Crippen molar-refractivity contribution < 1.29 is 4.79 Å². The molecule has 0 radical (unpaired) electrons. The van der Waals surface area contributed by atoms with E-state index in [-0.39, 0.29) is 5.91 Å². The molecule has 0 saturated carbocycles. The first-order valence-corrected chi connectivity index (χ1v) is 12.5. The van der Waals surface area contributed by atoms with Gasteiger partial charge in [0.15, 0.2) is 0 Å². The SMILES string of the molecule is CSc1ccc(C2Nc3ccc(C(=O)N4CCCCCC4)cc3C3C=CCC32)cc1. The molecule has 156 valence electrons. The Morgan fingerprint density at radius 1 is 1.03 bits per heavy atom. The summed E-state index contributed by atoms with van der Waals surface area (Å²) in [4.78, 5) is 16.5. The summed E-state index contributed by atoms with van der Waals surface area (Å²) in [5.74, 6) is 1.08. The highest BCUT2D eigenvalue weighted by molar-refractivity contribution is 7.98. The molecule has 4 heteroatoms. The van der Waals surface area contributed by atoms with Crippen LogP contribution in [0.4, 0.5) is 5.69 Å². The van der Waals surface area contributed by atoms with Crippen molar-refractivity contribution in [1.82, 2.24) is 4.90 Å². The van der Waals surface area contributed by atoms with E-state index in [2.05, 4.69) is 65.0 Å². The number of carbonyl (C=O) groups is 1. The lowest BCUT2D eigenvalue weighted by molar-refractivity contribution is 0.0761. The first-order valence-electron chi connectivity index (χ1n) is 11.2. The number of anilines is 1. The number of fused-ring (bicyclic) bond motifs is 3. The standard InChI is InChI=1S/C26H30N2OS/c1-30-20-12-9-18(10-13-20)25-22-8-6-7-21(22)23-17-19(11-14-24(23)27-25)26(29)28-15-4-2-3-5-16-28/h6-7,9-14,17,21-22,25,27H,2-5,8,15-16H2,1H3. The van der Waals surface area contributed by atoms with Crippen LogP contribution in [0.5, 0.6) is 0 Å². The number of allylic oxidation sites excluding steroid dienone is 2. The highest BCUT2D eigenvalue weighted by Gasteiger charge is 2.38. The monoisotopic (exact) mass is 418 g/mol. The highest BCUT2D eigenvalue weighted by Crippen LogP contribution is 2.50. The molecule has 0 bridgehead atoms. The molecule has 2 aliphatic heterocycles. The zero-order valence-electron chi connectivity index (χ0n) is 17.6. The Morgan fingerprint density at radius 2 is 1.80 bits per heavy atom. The average molecular weight is 419 g/mol. The smallest absolute Gasteiger partial charge is 0.253 e. The quantitative estimate of drug-likeness (QED) is 0.472. The van der Waals surface area contributed by atoms with E-state index in [4.69, 9.17) is 0 Å². The van der Waals surface area contributed by atoms with Crippen molar-refractivity contribution in [2.75, 3.05) is 24.7 Å². The predicted octanol–water partition coefficient (Wildman–Crippen LogP) is 6.25. The summed E-state index contributed by atoms with van der Waals surface area (Å²) in [7, 11) is 0. The van der Waals surface area contributed by atoms with Gasteiger partial charge in [0.05, 0.1) is 6.04 Å². The van der Waals surface area contributed by atoms with E-state index in [0.717, 1.165) is 37.9 Å². The summed E-state index contributed by atoms with van der Waals surface area (Å²) in [6.07, 6.45) is 12.6. The van der Waals surface area contributed by atoms with Gasteiger partial charge in [-0.05, 0) is 72.9 Å². The minimum atomic E-state index is 0.202. The van der Waals surface area contributed by atoms with Crippen LogP contribution in [0.25, 0.3) is 0 Å². The third-order valence-corrected chi connectivity index (χ3v) is 7.72. The normalized spacial score (nSPS) is 25.2. The van der Waals surface area contributed by atoms with Crippen LogP contribution in [0.3, 0.4) is 0 Å². The zero-order chi connectivity index (χ0) is 20.5. The van der Waals surface area contributed by atoms with E-state index in [1.165, 1.54) is 34.6 Å². The third kappa shape index (κ3) is 3.66. The van der Waals surface area contributed by atoms with Gasteiger partial charge in [0, 0.05) is 35.2 Å². The molecule has 1 saturated heterocycles. The van der Waals surface area contributed by atoms with Gasteiger partial charge >= 0.3 is 0 Å². The average Bonchev–Trinajstić information content (AvgIpc) is 3.13. The van der Waals surface area contributed by atoms with E-state index in [1.807, 2.05) is 6.07 Å². The Balaban J connectivity index is 1.43. The van der Waals surface area contributed by atoms with Crippen LogP contribution >= 0.6 is 11.8 Å². The molecule has 1 fully saturated rings. The van der Waals surface area contributed by atoms with Crippen molar-refractivity contribution in [3.63, 3.8) is 0 Å². The summed E-state index contributed by atoms with van der Waals surface area (Å²) >= 11 is 1.78. The van der Waals surface area contributed by atoms with E-state index < -0.39 is 0 Å². The van der Waals surface area contributed by atoms with E-state index in [0.29, 0.717) is 17.9 Å². The minimum absolute atomic E-state index is 0.202. The molecule has 0 aromatic heterocycles.